The fourth-order valence-electron chi connectivity index (χ4n) is 2.07. The van der Waals surface area contributed by atoms with Gasteiger partial charge in [-0.25, -0.2) is 4.98 Å². The summed E-state index contributed by atoms with van der Waals surface area (Å²) in [5.41, 5.74) is 1.15. The summed E-state index contributed by atoms with van der Waals surface area (Å²) in [5.74, 6) is 0. The molecule has 0 saturated carbocycles. The fourth-order valence-corrected chi connectivity index (χ4v) is 3.01. The molecule has 1 aliphatic heterocycles. The van der Waals surface area contributed by atoms with Crippen LogP contribution in [0, 0.1) is 0 Å². The predicted molar refractivity (Wildman–Crippen MR) is 76.3 cm³/mol. The summed E-state index contributed by atoms with van der Waals surface area (Å²) in [6.45, 7) is 10.2. The van der Waals surface area contributed by atoms with Crippen molar-refractivity contribution in [1.29, 1.82) is 0 Å². The Hall–Kier alpha value is -0.650. The first-order chi connectivity index (χ1) is 8.70. The zero-order valence-corrected chi connectivity index (χ0v) is 12.3. The number of anilines is 1. The Morgan fingerprint density at radius 1 is 1.56 bits per heavy atom. The molecule has 102 valence electrons. The first-order valence-electron chi connectivity index (χ1n) is 6.74. The van der Waals surface area contributed by atoms with Crippen molar-refractivity contribution in [3.8, 4) is 0 Å². The molecule has 1 N–H and O–H groups in total. The number of ether oxygens (including phenoxy) is 1. The van der Waals surface area contributed by atoms with Crippen LogP contribution in [0.1, 0.15) is 32.9 Å². The van der Waals surface area contributed by atoms with Crippen molar-refractivity contribution in [2.45, 2.75) is 45.9 Å². The number of nitrogens with zero attached hydrogens (tertiary/aromatic N) is 2. The minimum Gasteiger partial charge on any atom is -0.375 e. The van der Waals surface area contributed by atoms with Gasteiger partial charge in [-0.2, -0.15) is 0 Å². The number of nitrogens with one attached hydrogen (secondary N) is 1. The molecule has 0 spiro atoms. The van der Waals surface area contributed by atoms with Gasteiger partial charge in [0.15, 0.2) is 5.13 Å². The van der Waals surface area contributed by atoms with Gasteiger partial charge in [0.25, 0.3) is 0 Å². The molecule has 2 rings (SSSR count). The smallest absolute Gasteiger partial charge is 0.185 e. The van der Waals surface area contributed by atoms with E-state index in [1.54, 1.807) is 11.3 Å². The Bertz CT molecular complexity index is 369. The quantitative estimate of drug-likeness (QED) is 0.832. The van der Waals surface area contributed by atoms with Crippen LogP contribution in [0.25, 0.3) is 0 Å². The average Bonchev–Trinajstić information content (AvgIpc) is 2.81. The van der Waals surface area contributed by atoms with Crippen LogP contribution in [0.15, 0.2) is 5.38 Å². The Balaban J connectivity index is 1.95. The molecule has 0 bridgehead atoms. The van der Waals surface area contributed by atoms with Gasteiger partial charge in [-0.05, 0) is 26.8 Å². The highest BCUT2D eigenvalue weighted by atomic mass is 32.1. The molecule has 0 amide bonds. The van der Waals surface area contributed by atoms with E-state index in [4.69, 9.17) is 9.72 Å². The Labute approximate surface area is 113 Å². The Kier molecular flexibility index (Phi) is 4.97. The third kappa shape index (κ3) is 3.43. The number of hydrogen-bond donors (Lipinski definition) is 1. The van der Waals surface area contributed by atoms with E-state index in [1.807, 2.05) is 0 Å². The van der Waals surface area contributed by atoms with E-state index < -0.39 is 0 Å². The van der Waals surface area contributed by atoms with Gasteiger partial charge in [0.2, 0.25) is 0 Å². The zero-order chi connectivity index (χ0) is 13.0. The third-order valence-electron chi connectivity index (χ3n) is 3.13. The normalized spacial score (nSPS) is 24.5. The van der Waals surface area contributed by atoms with Gasteiger partial charge in [-0.15, -0.1) is 11.3 Å². The topological polar surface area (TPSA) is 37.4 Å². The summed E-state index contributed by atoms with van der Waals surface area (Å²) >= 11 is 1.74. The van der Waals surface area contributed by atoms with Gasteiger partial charge in [-0.3, -0.25) is 0 Å². The SMILES string of the molecule is CCCNCc1csc(N2CC(C)OCC2C)n1. The highest BCUT2D eigenvalue weighted by Gasteiger charge is 2.25. The second-order valence-corrected chi connectivity index (χ2v) is 5.78. The zero-order valence-electron chi connectivity index (χ0n) is 11.5. The van der Waals surface area contributed by atoms with Crippen molar-refractivity contribution in [2.24, 2.45) is 0 Å². The lowest BCUT2D eigenvalue weighted by molar-refractivity contribution is 0.0343. The number of rotatable bonds is 5. The van der Waals surface area contributed by atoms with Gasteiger partial charge in [-0.1, -0.05) is 6.92 Å². The number of morpholine rings is 1. The van der Waals surface area contributed by atoms with Gasteiger partial charge < -0.3 is 15.0 Å². The van der Waals surface area contributed by atoms with E-state index in [1.165, 1.54) is 0 Å². The van der Waals surface area contributed by atoms with Crippen LogP contribution >= 0.6 is 11.3 Å². The molecule has 1 fully saturated rings. The molecule has 0 aromatic carbocycles. The van der Waals surface area contributed by atoms with E-state index in [0.29, 0.717) is 12.1 Å². The molecule has 4 nitrogen and oxygen atoms in total. The fraction of sp³-hybridized carbons (Fsp3) is 0.769. The Morgan fingerprint density at radius 2 is 2.39 bits per heavy atom. The summed E-state index contributed by atoms with van der Waals surface area (Å²) in [6, 6.07) is 0.420. The summed E-state index contributed by atoms with van der Waals surface area (Å²) in [4.78, 5) is 7.08. The predicted octanol–water partition coefficient (Wildman–Crippen LogP) is 2.26. The first kappa shape index (κ1) is 13.8. The number of aromatic nitrogens is 1. The first-order valence-corrected chi connectivity index (χ1v) is 7.62. The van der Waals surface area contributed by atoms with E-state index in [0.717, 1.165) is 43.5 Å². The van der Waals surface area contributed by atoms with Crippen molar-refractivity contribution in [3.63, 3.8) is 0 Å². The highest BCUT2D eigenvalue weighted by molar-refractivity contribution is 7.13. The maximum absolute atomic E-state index is 5.65. The lowest BCUT2D eigenvalue weighted by atomic mass is 10.2. The maximum atomic E-state index is 5.65. The molecule has 1 aliphatic rings. The van der Waals surface area contributed by atoms with E-state index in [9.17, 15) is 0 Å². The van der Waals surface area contributed by atoms with E-state index >= 15 is 0 Å². The molecule has 0 aliphatic carbocycles. The average molecular weight is 269 g/mol. The van der Waals surface area contributed by atoms with Crippen LogP contribution in [0.2, 0.25) is 0 Å². The third-order valence-corrected chi connectivity index (χ3v) is 4.05. The highest BCUT2D eigenvalue weighted by Crippen LogP contribution is 2.25. The van der Waals surface area contributed by atoms with Crippen LogP contribution in [-0.2, 0) is 11.3 Å². The van der Waals surface area contributed by atoms with Crippen molar-refractivity contribution in [3.05, 3.63) is 11.1 Å². The minimum atomic E-state index is 0.298. The van der Waals surface area contributed by atoms with Gasteiger partial charge in [0.05, 0.1) is 24.4 Å². The molecule has 1 saturated heterocycles. The summed E-state index contributed by atoms with van der Waals surface area (Å²) in [6.07, 6.45) is 1.46. The molecular formula is C13H23N3OS. The van der Waals surface area contributed by atoms with Gasteiger partial charge in [0, 0.05) is 18.5 Å². The van der Waals surface area contributed by atoms with Crippen molar-refractivity contribution >= 4 is 16.5 Å². The summed E-state index contributed by atoms with van der Waals surface area (Å²) in [7, 11) is 0. The van der Waals surface area contributed by atoms with Crippen LogP contribution in [0.4, 0.5) is 5.13 Å². The molecule has 1 aromatic rings. The van der Waals surface area contributed by atoms with Crippen LogP contribution < -0.4 is 10.2 Å². The lowest BCUT2D eigenvalue weighted by Gasteiger charge is -2.36. The monoisotopic (exact) mass is 269 g/mol. The summed E-state index contributed by atoms with van der Waals surface area (Å²) in [5, 5.41) is 6.68. The molecule has 2 heterocycles. The van der Waals surface area contributed by atoms with Gasteiger partial charge >= 0.3 is 0 Å². The molecule has 1 aromatic heterocycles. The molecule has 0 radical (unpaired) electrons. The maximum Gasteiger partial charge on any atom is 0.185 e. The van der Waals surface area contributed by atoms with Crippen molar-refractivity contribution in [1.82, 2.24) is 10.3 Å². The second kappa shape index (κ2) is 6.50. The van der Waals surface area contributed by atoms with Crippen LogP contribution in [0.3, 0.4) is 0 Å². The standard InChI is InChI=1S/C13H23N3OS/c1-4-5-14-6-12-9-18-13(15-12)16-7-11(3)17-8-10(16)2/h9-11,14H,4-8H2,1-3H3. The molecule has 18 heavy (non-hydrogen) atoms. The van der Waals surface area contributed by atoms with Crippen molar-refractivity contribution < 1.29 is 4.74 Å². The summed E-state index contributed by atoms with van der Waals surface area (Å²) < 4.78 is 5.65. The largest absolute Gasteiger partial charge is 0.375 e. The molecule has 5 heteroatoms. The number of thiazole rings is 1. The molecule has 2 atom stereocenters. The van der Waals surface area contributed by atoms with E-state index in [2.05, 4.69) is 36.4 Å². The van der Waals surface area contributed by atoms with Gasteiger partial charge in [0.1, 0.15) is 0 Å². The second-order valence-electron chi connectivity index (χ2n) is 4.94. The van der Waals surface area contributed by atoms with Crippen LogP contribution in [-0.4, -0.2) is 36.8 Å². The Morgan fingerprint density at radius 3 is 3.17 bits per heavy atom. The number of hydrogen-bond acceptors (Lipinski definition) is 5. The van der Waals surface area contributed by atoms with Crippen molar-refractivity contribution in [2.75, 3.05) is 24.6 Å². The van der Waals surface area contributed by atoms with Crippen LogP contribution in [0.5, 0.6) is 0 Å². The minimum absolute atomic E-state index is 0.298. The lowest BCUT2D eigenvalue weighted by Crippen LogP contribution is -2.47. The molecular weight excluding hydrogens is 246 g/mol. The van der Waals surface area contributed by atoms with E-state index in [-0.39, 0.29) is 0 Å². The molecule has 2 unspecified atom stereocenters.